The van der Waals surface area contributed by atoms with Crippen molar-refractivity contribution in [1.82, 2.24) is 4.90 Å². The molecule has 0 aliphatic heterocycles. The van der Waals surface area contributed by atoms with Crippen LogP contribution in [0.1, 0.15) is 39.5 Å². The molecule has 0 aromatic heterocycles. The molecule has 3 nitrogen and oxygen atoms in total. The summed E-state index contributed by atoms with van der Waals surface area (Å²) in [7, 11) is 2.12. The van der Waals surface area contributed by atoms with E-state index in [9.17, 15) is 10.2 Å². The van der Waals surface area contributed by atoms with Crippen molar-refractivity contribution >= 4 is 0 Å². The standard InChI is InChI=1S/C13H27NO2/c1-11-6-4-5-7-12(11)14(3)8-13(2,9-15)10-16/h11-12,15-16H,4-10H2,1-3H3. The molecule has 1 aliphatic rings. The van der Waals surface area contributed by atoms with E-state index in [0.717, 1.165) is 12.5 Å². The first-order valence-electron chi connectivity index (χ1n) is 6.44. The summed E-state index contributed by atoms with van der Waals surface area (Å²) in [6.07, 6.45) is 5.23. The van der Waals surface area contributed by atoms with Gasteiger partial charge in [0.15, 0.2) is 0 Å². The van der Waals surface area contributed by atoms with E-state index in [1.54, 1.807) is 0 Å². The van der Waals surface area contributed by atoms with Gasteiger partial charge >= 0.3 is 0 Å². The van der Waals surface area contributed by atoms with Gasteiger partial charge in [-0.1, -0.05) is 26.7 Å². The zero-order valence-corrected chi connectivity index (χ0v) is 10.9. The van der Waals surface area contributed by atoms with Crippen LogP contribution in [0.4, 0.5) is 0 Å². The second-order valence-electron chi connectivity index (χ2n) is 5.87. The van der Waals surface area contributed by atoms with Crippen LogP contribution in [0.2, 0.25) is 0 Å². The average Bonchev–Trinajstić information content (AvgIpc) is 2.29. The van der Waals surface area contributed by atoms with Crippen molar-refractivity contribution in [3.63, 3.8) is 0 Å². The molecule has 2 N–H and O–H groups in total. The number of nitrogens with zero attached hydrogens (tertiary/aromatic N) is 1. The molecule has 2 atom stereocenters. The van der Waals surface area contributed by atoms with E-state index in [4.69, 9.17) is 0 Å². The van der Waals surface area contributed by atoms with Crippen molar-refractivity contribution in [2.45, 2.75) is 45.6 Å². The number of hydrogen-bond donors (Lipinski definition) is 2. The minimum absolute atomic E-state index is 0.0505. The Morgan fingerprint density at radius 2 is 1.75 bits per heavy atom. The third kappa shape index (κ3) is 3.44. The SMILES string of the molecule is CC1CCCCC1N(C)CC(C)(CO)CO. The van der Waals surface area contributed by atoms with Crippen molar-refractivity contribution in [1.29, 1.82) is 0 Å². The smallest absolute Gasteiger partial charge is 0.0519 e. The number of aliphatic hydroxyl groups excluding tert-OH is 2. The van der Waals surface area contributed by atoms with Crippen molar-refractivity contribution < 1.29 is 10.2 Å². The third-order valence-corrected chi connectivity index (χ3v) is 4.03. The maximum absolute atomic E-state index is 9.31. The molecule has 0 saturated heterocycles. The maximum Gasteiger partial charge on any atom is 0.0519 e. The van der Waals surface area contributed by atoms with Crippen molar-refractivity contribution in [2.24, 2.45) is 11.3 Å². The quantitative estimate of drug-likeness (QED) is 0.750. The van der Waals surface area contributed by atoms with E-state index in [1.807, 2.05) is 6.92 Å². The molecular weight excluding hydrogens is 202 g/mol. The van der Waals surface area contributed by atoms with E-state index in [-0.39, 0.29) is 18.6 Å². The fraction of sp³-hybridized carbons (Fsp3) is 1.00. The first-order valence-corrected chi connectivity index (χ1v) is 6.44. The van der Waals surface area contributed by atoms with E-state index in [1.165, 1.54) is 25.7 Å². The Kier molecular flexibility index (Phi) is 5.22. The largest absolute Gasteiger partial charge is 0.396 e. The zero-order valence-electron chi connectivity index (χ0n) is 10.9. The molecule has 0 aromatic carbocycles. The summed E-state index contributed by atoms with van der Waals surface area (Å²) in [5.41, 5.74) is -0.369. The van der Waals surface area contributed by atoms with E-state index < -0.39 is 0 Å². The summed E-state index contributed by atoms with van der Waals surface area (Å²) in [6.45, 7) is 5.13. The summed E-state index contributed by atoms with van der Waals surface area (Å²) >= 11 is 0. The lowest BCUT2D eigenvalue weighted by Crippen LogP contribution is -2.46. The van der Waals surface area contributed by atoms with Gasteiger partial charge in [0, 0.05) is 18.0 Å². The lowest BCUT2D eigenvalue weighted by atomic mass is 9.83. The highest BCUT2D eigenvalue weighted by atomic mass is 16.3. The lowest BCUT2D eigenvalue weighted by molar-refractivity contribution is 0.0165. The summed E-state index contributed by atoms with van der Waals surface area (Å²) in [4.78, 5) is 2.33. The first kappa shape index (κ1) is 13.9. The minimum Gasteiger partial charge on any atom is -0.396 e. The van der Waals surface area contributed by atoms with Crippen LogP contribution in [0, 0.1) is 11.3 Å². The highest BCUT2D eigenvalue weighted by Crippen LogP contribution is 2.29. The molecule has 0 heterocycles. The molecule has 1 rings (SSSR count). The van der Waals surface area contributed by atoms with Gasteiger partial charge in [0.25, 0.3) is 0 Å². The Morgan fingerprint density at radius 3 is 2.25 bits per heavy atom. The van der Waals surface area contributed by atoms with Crippen LogP contribution in [0.5, 0.6) is 0 Å². The van der Waals surface area contributed by atoms with Crippen LogP contribution in [0.3, 0.4) is 0 Å². The van der Waals surface area contributed by atoms with Gasteiger partial charge in [0.05, 0.1) is 13.2 Å². The Labute approximate surface area is 99.5 Å². The molecule has 0 radical (unpaired) electrons. The van der Waals surface area contributed by atoms with Crippen LogP contribution in [0.25, 0.3) is 0 Å². The molecule has 1 fully saturated rings. The molecule has 2 unspecified atom stereocenters. The summed E-state index contributed by atoms with van der Waals surface area (Å²) < 4.78 is 0. The normalized spacial score (nSPS) is 27.4. The minimum atomic E-state index is -0.369. The average molecular weight is 229 g/mol. The highest BCUT2D eigenvalue weighted by Gasteiger charge is 2.30. The van der Waals surface area contributed by atoms with Crippen LogP contribution in [-0.2, 0) is 0 Å². The molecule has 0 bridgehead atoms. The van der Waals surface area contributed by atoms with Gasteiger partial charge in [0.2, 0.25) is 0 Å². The van der Waals surface area contributed by atoms with E-state index in [2.05, 4.69) is 18.9 Å². The van der Waals surface area contributed by atoms with Gasteiger partial charge in [-0.25, -0.2) is 0 Å². The molecule has 96 valence electrons. The van der Waals surface area contributed by atoms with Gasteiger partial charge in [0.1, 0.15) is 0 Å². The maximum atomic E-state index is 9.31. The Balaban J connectivity index is 2.52. The van der Waals surface area contributed by atoms with Crippen LogP contribution in [-0.4, -0.2) is 48.0 Å². The Morgan fingerprint density at radius 1 is 1.19 bits per heavy atom. The van der Waals surface area contributed by atoms with Crippen LogP contribution in [0.15, 0.2) is 0 Å². The fourth-order valence-corrected chi connectivity index (χ4v) is 2.82. The number of rotatable bonds is 5. The van der Waals surface area contributed by atoms with E-state index in [0.29, 0.717) is 6.04 Å². The van der Waals surface area contributed by atoms with Gasteiger partial charge in [-0.3, -0.25) is 0 Å². The molecule has 1 saturated carbocycles. The van der Waals surface area contributed by atoms with E-state index >= 15 is 0 Å². The zero-order chi connectivity index (χ0) is 12.2. The van der Waals surface area contributed by atoms with Gasteiger partial charge < -0.3 is 15.1 Å². The molecule has 0 spiro atoms. The molecule has 16 heavy (non-hydrogen) atoms. The molecule has 3 heteroatoms. The number of aliphatic hydroxyl groups is 2. The predicted molar refractivity (Wildman–Crippen MR) is 66.3 cm³/mol. The Bertz CT molecular complexity index is 204. The molecular formula is C13H27NO2. The predicted octanol–water partition coefficient (Wildman–Crippen LogP) is 1.49. The van der Waals surface area contributed by atoms with Crippen molar-refractivity contribution in [3.05, 3.63) is 0 Å². The topological polar surface area (TPSA) is 43.7 Å². The van der Waals surface area contributed by atoms with Crippen LogP contribution < -0.4 is 0 Å². The second-order valence-corrected chi connectivity index (χ2v) is 5.87. The van der Waals surface area contributed by atoms with Crippen LogP contribution >= 0.6 is 0 Å². The second kappa shape index (κ2) is 5.99. The van der Waals surface area contributed by atoms with Gasteiger partial charge in [-0.05, 0) is 25.8 Å². The van der Waals surface area contributed by atoms with Crippen molar-refractivity contribution in [2.75, 3.05) is 26.8 Å². The van der Waals surface area contributed by atoms with Crippen molar-refractivity contribution in [3.8, 4) is 0 Å². The lowest BCUT2D eigenvalue weighted by Gasteiger charge is -2.40. The fourth-order valence-electron chi connectivity index (χ4n) is 2.82. The highest BCUT2D eigenvalue weighted by molar-refractivity contribution is 4.84. The molecule has 0 aromatic rings. The summed E-state index contributed by atoms with van der Waals surface area (Å²) in [6, 6.07) is 0.617. The summed E-state index contributed by atoms with van der Waals surface area (Å²) in [5.74, 6) is 0.736. The molecule has 1 aliphatic carbocycles. The molecule has 0 amide bonds. The third-order valence-electron chi connectivity index (χ3n) is 4.03. The summed E-state index contributed by atoms with van der Waals surface area (Å²) in [5, 5.41) is 18.6. The monoisotopic (exact) mass is 229 g/mol. The Hall–Kier alpha value is -0.120. The first-order chi connectivity index (χ1) is 7.52. The van der Waals surface area contributed by atoms with Gasteiger partial charge in [-0.2, -0.15) is 0 Å². The van der Waals surface area contributed by atoms with Gasteiger partial charge in [-0.15, -0.1) is 0 Å². The number of hydrogen-bond acceptors (Lipinski definition) is 3.